The Labute approximate surface area is 195 Å². The molecule has 2 aromatic carbocycles. The molecule has 3 unspecified atom stereocenters. The fourth-order valence-electron chi connectivity index (χ4n) is 5.06. The van der Waals surface area contributed by atoms with Crippen molar-refractivity contribution in [3.05, 3.63) is 65.5 Å². The normalized spacial score (nSPS) is 26.9. The van der Waals surface area contributed by atoms with Crippen molar-refractivity contribution in [3.63, 3.8) is 0 Å². The lowest BCUT2D eigenvalue weighted by Gasteiger charge is -2.46. The molecule has 5 nitrogen and oxygen atoms in total. The second kappa shape index (κ2) is 9.54. The molecule has 34 heavy (non-hydrogen) atoms. The van der Waals surface area contributed by atoms with Gasteiger partial charge >= 0.3 is 6.18 Å². The summed E-state index contributed by atoms with van der Waals surface area (Å²) in [6, 6.07) is 11.3. The maximum Gasteiger partial charge on any atom is 0.416 e. The number of carbonyl (C=O) groups is 1. The summed E-state index contributed by atoms with van der Waals surface area (Å²) >= 11 is 0. The number of amides is 1. The van der Waals surface area contributed by atoms with Crippen molar-refractivity contribution in [2.75, 3.05) is 19.7 Å². The van der Waals surface area contributed by atoms with Crippen LogP contribution in [-0.2, 0) is 15.7 Å². The zero-order valence-corrected chi connectivity index (χ0v) is 18.9. The fourth-order valence-corrected chi connectivity index (χ4v) is 5.06. The van der Waals surface area contributed by atoms with Crippen LogP contribution in [0.4, 0.5) is 17.6 Å². The highest BCUT2D eigenvalue weighted by Gasteiger charge is 2.50. The van der Waals surface area contributed by atoms with Crippen LogP contribution in [0.1, 0.15) is 43.2 Å². The van der Waals surface area contributed by atoms with E-state index in [2.05, 4.69) is 0 Å². The minimum atomic E-state index is -4.46. The SMILES string of the molecule is C[C@@H](c1ccccc1F)C1CC(C(N)=O)(N2CCC(Oc3cccc(C(F)(F)F)c3)C2)CCO1. The molecule has 2 fully saturated rings. The standard InChI is InChI=1S/C25H28F4N2O3/c1-16(20-7-2-3-8-21(20)26)22-14-24(23(30)32,10-12-33-22)31-11-9-19(15-31)34-18-6-4-5-17(13-18)25(27,28)29/h2-8,13,16,19,22H,9-12,14-15H2,1H3,(H2,30,32)/t16-,19?,22?,24?/m0/s1. The Kier molecular flexibility index (Phi) is 6.87. The number of alkyl halides is 3. The van der Waals surface area contributed by atoms with E-state index in [1.165, 1.54) is 18.2 Å². The van der Waals surface area contributed by atoms with Gasteiger partial charge in [0, 0.05) is 32.0 Å². The van der Waals surface area contributed by atoms with Gasteiger partial charge in [-0.15, -0.1) is 0 Å². The summed E-state index contributed by atoms with van der Waals surface area (Å²) in [7, 11) is 0. The van der Waals surface area contributed by atoms with E-state index >= 15 is 0 Å². The third-order valence-electron chi connectivity index (χ3n) is 7.01. The first-order valence-corrected chi connectivity index (χ1v) is 11.3. The summed E-state index contributed by atoms with van der Waals surface area (Å²) in [5.41, 5.74) is 4.65. The number of primary amides is 1. The summed E-state index contributed by atoms with van der Waals surface area (Å²) in [5.74, 6) is -0.973. The smallest absolute Gasteiger partial charge is 0.416 e. The van der Waals surface area contributed by atoms with E-state index in [4.69, 9.17) is 15.2 Å². The van der Waals surface area contributed by atoms with Crippen molar-refractivity contribution < 1.29 is 31.8 Å². The molecule has 9 heteroatoms. The van der Waals surface area contributed by atoms with E-state index in [1.807, 2.05) is 11.8 Å². The Hall–Kier alpha value is -2.65. The second-order valence-electron chi connectivity index (χ2n) is 9.07. The molecule has 184 valence electrons. The molecule has 0 bridgehead atoms. The lowest BCUT2D eigenvalue weighted by molar-refractivity contribution is -0.142. The molecular formula is C25H28F4N2O3. The van der Waals surface area contributed by atoms with Crippen LogP contribution < -0.4 is 10.5 Å². The van der Waals surface area contributed by atoms with Crippen molar-refractivity contribution in [1.29, 1.82) is 0 Å². The van der Waals surface area contributed by atoms with Gasteiger partial charge in [0.15, 0.2) is 0 Å². The summed E-state index contributed by atoms with van der Waals surface area (Å²) in [4.78, 5) is 14.7. The maximum atomic E-state index is 14.4. The number of rotatable bonds is 6. The summed E-state index contributed by atoms with van der Waals surface area (Å²) in [6.07, 6.45) is -4.03. The lowest BCUT2D eigenvalue weighted by Crippen LogP contribution is -2.61. The van der Waals surface area contributed by atoms with Gasteiger partial charge in [-0.3, -0.25) is 9.69 Å². The Morgan fingerprint density at radius 2 is 2.00 bits per heavy atom. The van der Waals surface area contributed by atoms with Gasteiger partial charge in [0.05, 0.1) is 11.7 Å². The van der Waals surface area contributed by atoms with Gasteiger partial charge in [0.25, 0.3) is 0 Å². The Morgan fingerprint density at radius 1 is 1.24 bits per heavy atom. The van der Waals surface area contributed by atoms with Crippen LogP contribution in [0.25, 0.3) is 0 Å². The molecule has 2 aliphatic rings. The molecule has 4 atom stereocenters. The van der Waals surface area contributed by atoms with Crippen molar-refractivity contribution in [1.82, 2.24) is 4.90 Å². The number of ether oxygens (including phenoxy) is 2. The third-order valence-corrected chi connectivity index (χ3v) is 7.01. The molecule has 2 aliphatic heterocycles. The molecule has 4 rings (SSSR count). The first-order valence-electron chi connectivity index (χ1n) is 11.3. The quantitative estimate of drug-likeness (QED) is 0.619. The number of hydrogen-bond acceptors (Lipinski definition) is 4. The van der Waals surface area contributed by atoms with Crippen LogP contribution in [0.3, 0.4) is 0 Å². The molecule has 2 N–H and O–H groups in total. The van der Waals surface area contributed by atoms with Gasteiger partial charge in [0.2, 0.25) is 5.91 Å². The van der Waals surface area contributed by atoms with Crippen molar-refractivity contribution >= 4 is 5.91 Å². The maximum absolute atomic E-state index is 14.4. The lowest BCUT2D eigenvalue weighted by atomic mass is 9.79. The van der Waals surface area contributed by atoms with E-state index in [9.17, 15) is 22.4 Å². The third kappa shape index (κ3) is 4.90. The van der Waals surface area contributed by atoms with E-state index in [0.717, 1.165) is 12.1 Å². The van der Waals surface area contributed by atoms with Gasteiger partial charge in [-0.05, 0) is 42.7 Å². The van der Waals surface area contributed by atoms with Crippen molar-refractivity contribution in [3.8, 4) is 5.75 Å². The summed E-state index contributed by atoms with van der Waals surface area (Å²) in [5, 5.41) is 0. The molecule has 0 aliphatic carbocycles. The van der Waals surface area contributed by atoms with E-state index in [-0.39, 0.29) is 23.6 Å². The van der Waals surface area contributed by atoms with E-state index < -0.39 is 29.3 Å². The second-order valence-corrected chi connectivity index (χ2v) is 9.07. The summed E-state index contributed by atoms with van der Waals surface area (Å²) in [6.45, 7) is 3.01. The fraction of sp³-hybridized carbons (Fsp3) is 0.480. The average molecular weight is 481 g/mol. The minimum absolute atomic E-state index is 0.132. The summed E-state index contributed by atoms with van der Waals surface area (Å²) < 4.78 is 65.2. The number of carbonyl (C=O) groups excluding carboxylic acids is 1. The zero-order chi connectivity index (χ0) is 24.5. The largest absolute Gasteiger partial charge is 0.489 e. The molecule has 0 radical (unpaired) electrons. The molecule has 0 saturated carbocycles. The van der Waals surface area contributed by atoms with Gasteiger partial charge < -0.3 is 15.2 Å². The monoisotopic (exact) mass is 480 g/mol. The number of benzene rings is 2. The zero-order valence-electron chi connectivity index (χ0n) is 18.9. The van der Waals surface area contributed by atoms with Gasteiger partial charge in [0.1, 0.15) is 23.2 Å². The molecule has 2 saturated heterocycles. The van der Waals surface area contributed by atoms with Crippen LogP contribution in [0, 0.1) is 5.82 Å². The average Bonchev–Trinajstić information content (AvgIpc) is 3.27. The Balaban J connectivity index is 1.48. The van der Waals surface area contributed by atoms with Gasteiger partial charge in [-0.2, -0.15) is 13.2 Å². The molecule has 2 aromatic rings. The number of nitrogens with two attached hydrogens (primary N) is 1. The number of likely N-dealkylation sites (tertiary alicyclic amines) is 1. The number of nitrogens with zero attached hydrogens (tertiary/aromatic N) is 1. The Bertz CT molecular complexity index is 1030. The predicted octanol–water partition coefficient (Wildman–Crippen LogP) is 4.50. The van der Waals surface area contributed by atoms with Crippen LogP contribution in [0.2, 0.25) is 0 Å². The molecule has 0 spiro atoms. The van der Waals surface area contributed by atoms with Gasteiger partial charge in [-0.1, -0.05) is 31.2 Å². The molecule has 2 heterocycles. The van der Waals surface area contributed by atoms with Crippen LogP contribution in [-0.4, -0.2) is 48.3 Å². The molecular weight excluding hydrogens is 452 g/mol. The highest BCUT2D eigenvalue weighted by molar-refractivity contribution is 5.85. The van der Waals surface area contributed by atoms with Crippen molar-refractivity contribution in [2.24, 2.45) is 5.73 Å². The highest BCUT2D eigenvalue weighted by atomic mass is 19.4. The molecule has 1 amide bonds. The minimum Gasteiger partial charge on any atom is -0.489 e. The van der Waals surface area contributed by atoms with Crippen molar-refractivity contribution in [2.45, 2.75) is 56.0 Å². The first-order chi connectivity index (χ1) is 16.1. The van der Waals surface area contributed by atoms with Crippen LogP contribution in [0.5, 0.6) is 5.75 Å². The van der Waals surface area contributed by atoms with E-state index in [1.54, 1.807) is 18.2 Å². The number of halogens is 4. The topological polar surface area (TPSA) is 64.8 Å². The van der Waals surface area contributed by atoms with E-state index in [0.29, 0.717) is 44.5 Å². The van der Waals surface area contributed by atoms with Crippen LogP contribution >= 0.6 is 0 Å². The van der Waals surface area contributed by atoms with Gasteiger partial charge in [-0.25, -0.2) is 4.39 Å². The predicted molar refractivity (Wildman–Crippen MR) is 118 cm³/mol. The molecule has 0 aromatic heterocycles. The highest BCUT2D eigenvalue weighted by Crippen LogP contribution is 2.39. The van der Waals surface area contributed by atoms with Crippen LogP contribution in [0.15, 0.2) is 48.5 Å². The number of hydrogen-bond donors (Lipinski definition) is 1. The first kappa shape index (κ1) is 24.5. The Morgan fingerprint density at radius 3 is 2.71 bits per heavy atom.